The minimum absolute atomic E-state index is 0.000706. The molecule has 37 heavy (non-hydrogen) atoms. The first-order valence-corrected chi connectivity index (χ1v) is 14.8. The average molecular weight is 550 g/mol. The number of aromatic nitrogens is 2. The number of hydrogen-bond donors (Lipinski definition) is 1. The zero-order valence-corrected chi connectivity index (χ0v) is 23.2. The van der Waals surface area contributed by atoms with Gasteiger partial charge in [-0.2, -0.15) is 8.42 Å². The van der Waals surface area contributed by atoms with Crippen molar-refractivity contribution in [1.82, 2.24) is 19.8 Å². The topological polar surface area (TPSA) is 107 Å². The molecule has 1 saturated heterocycles. The Hall–Kier alpha value is -2.27. The quantitative estimate of drug-likeness (QED) is 0.475. The van der Waals surface area contributed by atoms with Gasteiger partial charge < -0.3 is 9.80 Å². The fraction of sp³-hybridized carbons (Fsp3) is 0.577. The Bertz CT molecular complexity index is 1200. The molecule has 2 unspecified atom stereocenters. The summed E-state index contributed by atoms with van der Waals surface area (Å²) in [4.78, 5) is 29.0. The lowest BCUT2D eigenvalue weighted by atomic mass is 9.95. The zero-order valence-electron chi connectivity index (χ0n) is 21.7. The Kier molecular flexibility index (Phi) is 8.73. The number of halogens is 1. The van der Waals surface area contributed by atoms with Crippen molar-refractivity contribution in [3.8, 4) is 0 Å². The van der Waals surface area contributed by atoms with E-state index in [1.807, 2.05) is 35.8 Å². The molecule has 2 aromatic rings. The third-order valence-corrected chi connectivity index (χ3v) is 8.45. The molecule has 202 valence electrons. The van der Waals surface area contributed by atoms with Gasteiger partial charge in [0.15, 0.2) is 0 Å². The molecule has 11 heteroatoms. The van der Waals surface area contributed by atoms with Crippen LogP contribution in [0, 0.1) is 0 Å². The van der Waals surface area contributed by atoms with E-state index in [-0.39, 0.29) is 24.2 Å². The molecule has 1 aromatic heterocycles. The summed E-state index contributed by atoms with van der Waals surface area (Å²) in [6.07, 6.45) is 3.72. The van der Waals surface area contributed by atoms with Crippen LogP contribution in [0.1, 0.15) is 55.8 Å². The lowest BCUT2D eigenvalue weighted by Crippen LogP contribution is -2.52. The molecule has 2 heterocycles. The Labute approximate surface area is 224 Å². The van der Waals surface area contributed by atoms with Gasteiger partial charge in [-0.05, 0) is 50.3 Å². The summed E-state index contributed by atoms with van der Waals surface area (Å²) in [7, 11) is -4.11. The van der Waals surface area contributed by atoms with Crippen LogP contribution in [0.15, 0.2) is 30.6 Å². The second kappa shape index (κ2) is 11.6. The molecular formula is C26H36ClN5O4S. The van der Waals surface area contributed by atoms with E-state index in [9.17, 15) is 17.8 Å². The molecule has 9 nitrogen and oxygen atoms in total. The number of carbonyl (C=O) groups is 1. The molecule has 2 atom stereocenters. The van der Waals surface area contributed by atoms with Gasteiger partial charge in [0.2, 0.25) is 5.91 Å². The SMILES string of the molecule is CC1CCc2ncnc(N3CCN(C(=O)C(CN(CCS(=O)(=O)O)C(C)C)c4ccc(Cl)cc4)CC3)c21. The molecule has 4 rings (SSSR count). The predicted octanol–water partition coefficient (Wildman–Crippen LogP) is 3.21. The zero-order chi connectivity index (χ0) is 26.7. The number of aryl methyl sites for hydroxylation is 1. The van der Waals surface area contributed by atoms with Crippen LogP contribution in [0.3, 0.4) is 0 Å². The lowest BCUT2D eigenvalue weighted by Gasteiger charge is -2.39. The maximum atomic E-state index is 13.9. The van der Waals surface area contributed by atoms with Gasteiger partial charge in [0, 0.05) is 61.6 Å². The molecule has 1 aliphatic heterocycles. The fourth-order valence-electron chi connectivity index (χ4n) is 5.28. The maximum absolute atomic E-state index is 13.9. The minimum atomic E-state index is -4.11. The summed E-state index contributed by atoms with van der Waals surface area (Å²) in [5.41, 5.74) is 3.21. The molecule has 1 amide bonds. The number of hydrogen-bond acceptors (Lipinski definition) is 7. The molecule has 0 spiro atoms. The van der Waals surface area contributed by atoms with E-state index in [1.54, 1.807) is 18.5 Å². The smallest absolute Gasteiger partial charge is 0.266 e. The van der Waals surface area contributed by atoms with Crippen molar-refractivity contribution in [2.24, 2.45) is 0 Å². The predicted molar refractivity (Wildman–Crippen MR) is 145 cm³/mol. The second-order valence-electron chi connectivity index (χ2n) is 10.3. The van der Waals surface area contributed by atoms with Crippen LogP contribution in [0.25, 0.3) is 0 Å². The standard InChI is InChI=1S/C26H36ClN5O4S/c1-18(2)32(14-15-37(34,35)36)16-22(20-5-7-21(27)8-6-20)26(33)31-12-10-30(11-13-31)25-24-19(3)4-9-23(24)28-17-29-25/h5-8,17-19,22H,4,9-16H2,1-3H3,(H,34,35,36). The molecule has 0 saturated carbocycles. The van der Waals surface area contributed by atoms with Crippen LogP contribution in [-0.4, -0.2) is 89.7 Å². The highest BCUT2D eigenvalue weighted by molar-refractivity contribution is 7.85. The fourth-order valence-corrected chi connectivity index (χ4v) is 5.87. The third kappa shape index (κ3) is 6.79. The Balaban J connectivity index is 1.50. The van der Waals surface area contributed by atoms with Gasteiger partial charge in [0.25, 0.3) is 10.1 Å². The molecule has 1 aromatic carbocycles. The molecule has 0 radical (unpaired) electrons. The van der Waals surface area contributed by atoms with E-state index in [0.29, 0.717) is 43.7 Å². The van der Waals surface area contributed by atoms with E-state index >= 15 is 0 Å². The Morgan fingerprint density at radius 1 is 1.16 bits per heavy atom. The Morgan fingerprint density at radius 3 is 2.46 bits per heavy atom. The highest BCUT2D eigenvalue weighted by Crippen LogP contribution is 2.37. The van der Waals surface area contributed by atoms with Crippen molar-refractivity contribution in [1.29, 1.82) is 0 Å². The number of fused-ring (bicyclic) bond motifs is 1. The lowest BCUT2D eigenvalue weighted by molar-refractivity contribution is -0.133. The van der Waals surface area contributed by atoms with Gasteiger partial charge in [-0.3, -0.25) is 14.2 Å². The number of anilines is 1. The van der Waals surface area contributed by atoms with Crippen molar-refractivity contribution < 1.29 is 17.8 Å². The normalized spacial score (nSPS) is 18.9. The van der Waals surface area contributed by atoms with Crippen LogP contribution in [-0.2, 0) is 21.3 Å². The van der Waals surface area contributed by atoms with Gasteiger partial charge in [0.05, 0.1) is 11.7 Å². The van der Waals surface area contributed by atoms with Crippen molar-refractivity contribution in [3.05, 3.63) is 52.4 Å². The van der Waals surface area contributed by atoms with Gasteiger partial charge in [0.1, 0.15) is 12.1 Å². The van der Waals surface area contributed by atoms with Crippen molar-refractivity contribution >= 4 is 33.4 Å². The van der Waals surface area contributed by atoms with Gasteiger partial charge in [-0.1, -0.05) is 30.7 Å². The second-order valence-corrected chi connectivity index (χ2v) is 12.3. The molecular weight excluding hydrogens is 514 g/mol. The van der Waals surface area contributed by atoms with Gasteiger partial charge in [-0.25, -0.2) is 9.97 Å². The first-order valence-electron chi connectivity index (χ1n) is 12.9. The first-order chi connectivity index (χ1) is 17.5. The van der Waals surface area contributed by atoms with Crippen LogP contribution in [0.2, 0.25) is 5.02 Å². The number of benzene rings is 1. The first kappa shape index (κ1) is 27.8. The molecule has 1 N–H and O–H groups in total. The summed E-state index contributed by atoms with van der Waals surface area (Å²) in [6, 6.07) is 7.23. The number of nitrogens with zero attached hydrogens (tertiary/aromatic N) is 5. The van der Waals surface area contributed by atoms with Crippen molar-refractivity contribution in [3.63, 3.8) is 0 Å². The van der Waals surface area contributed by atoms with E-state index in [2.05, 4.69) is 21.8 Å². The minimum Gasteiger partial charge on any atom is -0.353 e. The summed E-state index contributed by atoms with van der Waals surface area (Å²) in [5, 5.41) is 0.585. The van der Waals surface area contributed by atoms with Crippen LogP contribution in [0.5, 0.6) is 0 Å². The maximum Gasteiger partial charge on any atom is 0.266 e. The van der Waals surface area contributed by atoms with Gasteiger partial charge >= 0.3 is 0 Å². The monoisotopic (exact) mass is 549 g/mol. The van der Waals surface area contributed by atoms with E-state index in [1.165, 1.54) is 5.56 Å². The van der Waals surface area contributed by atoms with Crippen LogP contribution in [0.4, 0.5) is 5.82 Å². The summed E-state index contributed by atoms with van der Waals surface area (Å²) >= 11 is 6.11. The average Bonchev–Trinajstić information content (AvgIpc) is 3.25. The molecule has 1 fully saturated rings. The summed E-state index contributed by atoms with van der Waals surface area (Å²) in [6.45, 7) is 9.12. The third-order valence-electron chi connectivity index (χ3n) is 7.50. The highest BCUT2D eigenvalue weighted by Gasteiger charge is 2.33. The number of carbonyl (C=O) groups excluding carboxylic acids is 1. The van der Waals surface area contributed by atoms with Crippen molar-refractivity contribution in [2.45, 2.75) is 51.5 Å². The number of rotatable bonds is 9. The van der Waals surface area contributed by atoms with Crippen LogP contribution < -0.4 is 4.90 Å². The largest absolute Gasteiger partial charge is 0.353 e. The number of piperazine rings is 1. The van der Waals surface area contributed by atoms with E-state index < -0.39 is 16.0 Å². The van der Waals surface area contributed by atoms with Crippen molar-refractivity contribution in [2.75, 3.05) is 49.9 Å². The van der Waals surface area contributed by atoms with E-state index in [0.717, 1.165) is 29.9 Å². The summed E-state index contributed by atoms with van der Waals surface area (Å²) in [5.74, 6) is 0.557. The van der Waals surface area contributed by atoms with E-state index in [4.69, 9.17) is 11.6 Å². The number of amides is 1. The van der Waals surface area contributed by atoms with Crippen LogP contribution >= 0.6 is 11.6 Å². The summed E-state index contributed by atoms with van der Waals surface area (Å²) < 4.78 is 32.1. The Morgan fingerprint density at radius 2 is 1.84 bits per heavy atom. The van der Waals surface area contributed by atoms with Gasteiger partial charge in [-0.15, -0.1) is 0 Å². The molecule has 2 aliphatic rings. The molecule has 0 bridgehead atoms. The highest BCUT2D eigenvalue weighted by atomic mass is 35.5. The molecule has 1 aliphatic carbocycles.